The zero-order valence-electron chi connectivity index (χ0n) is 13.6. The molecule has 0 aromatic heterocycles. The summed E-state index contributed by atoms with van der Waals surface area (Å²) >= 11 is 1.88. The number of amidine groups is 1. The Labute approximate surface area is 128 Å². The number of hydrogen-bond acceptors (Lipinski definition) is 4. The van der Waals surface area contributed by atoms with E-state index in [9.17, 15) is 0 Å². The van der Waals surface area contributed by atoms with Gasteiger partial charge in [-0.15, -0.1) is 0 Å². The Morgan fingerprint density at radius 1 is 1.30 bits per heavy atom. The fourth-order valence-electron chi connectivity index (χ4n) is 2.76. The minimum Gasteiger partial charge on any atom is -0.362 e. The third kappa shape index (κ3) is 4.37. The lowest BCUT2D eigenvalue weighted by molar-refractivity contribution is 0.119. The van der Waals surface area contributed by atoms with Crippen molar-refractivity contribution in [3.63, 3.8) is 0 Å². The Bertz CT molecular complexity index is 350. The lowest BCUT2D eigenvalue weighted by Gasteiger charge is -2.38. The molecule has 2 saturated heterocycles. The molecule has 2 aliphatic heterocycles. The van der Waals surface area contributed by atoms with Crippen LogP contribution >= 0.6 is 11.8 Å². The van der Waals surface area contributed by atoms with Crippen molar-refractivity contribution in [2.45, 2.75) is 39.3 Å². The molecule has 0 bridgehead atoms. The van der Waals surface area contributed by atoms with Gasteiger partial charge in [-0.05, 0) is 25.9 Å². The maximum atomic E-state index is 4.86. The minimum absolute atomic E-state index is 0.309. The quantitative estimate of drug-likeness (QED) is 0.841. The fourth-order valence-corrected chi connectivity index (χ4v) is 3.70. The summed E-state index contributed by atoms with van der Waals surface area (Å²) in [7, 11) is 4.42. The molecule has 0 radical (unpaired) electrons. The normalized spacial score (nSPS) is 32.4. The molecule has 2 atom stereocenters. The standard InChI is InChI=1S/C15H30N4S/c1-15(2,3)13-6-9-20-14(17-13)16-10-12-11-18(4)7-8-19(12)5/h12-13H,6-11H2,1-5H3,(H,16,17). The van der Waals surface area contributed by atoms with Gasteiger partial charge >= 0.3 is 0 Å². The molecule has 0 aromatic rings. The Hall–Kier alpha value is -0.260. The molecule has 2 unspecified atom stereocenters. The predicted molar refractivity (Wildman–Crippen MR) is 89.7 cm³/mol. The van der Waals surface area contributed by atoms with E-state index < -0.39 is 0 Å². The number of rotatable bonds is 2. The van der Waals surface area contributed by atoms with Crippen molar-refractivity contribution < 1.29 is 0 Å². The summed E-state index contributed by atoms with van der Waals surface area (Å²) in [4.78, 5) is 9.71. The number of hydrogen-bond donors (Lipinski definition) is 1. The molecule has 0 spiro atoms. The van der Waals surface area contributed by atoms with Crippen LogP contribution in [0.25, 0.3) is 0 Å². The molecule has 5 heteroatoms. The lowest BCUT2D eigenvalue weighted by atomic mass is 9.85. The zero-order valence-corrected chi connectivity index (χ0v) is 14.5. The monoisotopic (exact) mass is 298 g/mol. The lowest BCUT2D eigenvalue weighted by Crippen LogP contribution is -2.51. The second-order valence-corrected chi connectivity index (χ2v) is 8.33. The topological polar surface area (TPSA) is 30.9 Å². The number of thioether (sulfide) groups is 1. The summed E-state index contributed by atoms with van der Waals surface area (Å²) in [6.45, 7) is 11.3. The highest BCUT2D eigenvalue weighted by Crippen LogP contribution is 2.27. The summed E-state index contributed by atoms with van der Waals surface area (Å²) in [5, 5.41) is 4.79. The van der Waals surface area contributed by atoms with Gasteiger partial charge in [0.15, 0.2) is 5.17 Å². The maximum Gasteiger partial charge on any atom is 0.156 e. The van der Waals surface area contributed by atoms with Gasteiger partial charge in [-0.25, -0.2) is 0 Å². The largest absolute Gasteiger partial charge is 0.362 e. The fraction of sp³-hybridized carbons (Fsp3) is 0.933. The molecule has 2 rings (SSSR count). The van der Waals surface area contributed by atoms with Crippen molar-refractivity contribution in [2.75, 3.05) is 46.0 Å². The predicted octanol–water partition coefficient (Wildman–Crippen LogP) is 1.73. The van der Waals surface area contributed by atoms with Gasteiger partial charge in [-0.2, -0.15) is 0 Å². The molecule has 4 nitrogen and oxygen atoms in total. The molecule has 0 amide bonds. The van der Waals surface area contributed by atoms with Gasteiger partial charge in [0.2, 0.25) is 0 Å². The Kier molecular flexibility index (Phi) is 5.37. The highest BCUT2D eigenvalue weighted by molar-refractivity contribution is 8.13. The highest BCUT2D eigenvalue weighted by Gasteiger charge is 2.29. The van der Waals surface area contributed by atoms with Gasteiger partial charge in [-0.1, -0.05) is 32.5 Å². The van der Waals surface area contributed by atoms with Gasteiger partial charge in [-0.3, -0.25) is 9.89 Å². The Balaban J connectivity index is 1.90. The van der Waals surface area contributed by atoms with Crippen LogP contribution in [0.2, 0.25) is 0 Å². The summed E-state index contributed by atoms with van der Waals surface area (Å²) < 4.78 is 0. The molecule has 2 heterocycles. The molecule has 116 valence electrons. The molecule has 0 aromatic carbocycles. The maximum absolute atomic E-state index is 4.86. The van der Waals surface area contributed by atoms with Crippen molar-refractivity contribution in [3.8, 4) is 0 Å². The van der Waals surface area contributed by atoms with Crippen LogP contribution < -0.4 is 5.32 Å². The highest BCUT2D eigenvalue weighted by atomic mass is 32.2. The van der Waals surface area contributed by atoms with Crippen LogP contribution in [0.3, 0.4) is 0 Å². The molecule has 1 N–H and O–H groups in total. The van der Waals surface area contributed by atoms with E-state index in [1.807, 2.05) is 11.8 Å². The van der Waals surface area contributed by atoms with E-state index in [4.69, 9.17) is 4.99 Å². The average molecular weight is 298 g/mol. The first kappa shape index (κ1) is 16.1. The van der Waals surface area contributed by atoms with Crippen LogP contribution in [0.4, 0.5) is 0 Å². The van der Waals surface area contributed by atoms with Crippen LogP contribution in [0.1, 0.15) is 27.2 Å². The van der Waals surface area contributed by atoms with E-state index in [-0.39, 0.29) is 0 Å². The molecule has 20 heavy (non-hydrogen) atoms. The second kappa shape index (κ2) is 6.67. The van der Waals surface area contributed by atoms with Crippen LogP contribution in [0, 0.1) is 5.41 Å². The van der Waals surface area contributed by atoms with E-state index >= 15 is 0 Å². The molecule has 2 fully saturated rings. The van der Waals surface area contributed by atoms with Gasteiger partial charge in [0, 0.05) is 37.5 Å². The third-order valence-electron chi connectivity index (χ3n) is 4.41. The number of likely N-dealkylation sites (N-methyl/N-ethyl adjacent to an activating group) is 2. The first-order valence-corrected chi connectivity index (χ1v) is 8.67. The molecule has 2 aliphatic rings. The van der Waals surface area contributed by atoms with E-state index in [1.54, 1.807) is 0 Å². The molecule has 0 aliphatic carbocycles. The number of nitrogens with zero attached hydrogens (tertiary/aromatic N) is 3. The molecule has 0 saturated carbocycles. The van der Waals surface area contributed by atoms with Crippen LogP contribution in [0.5, 0.6) is 0 Å². The van der Waals surface area contributed by atoms with Crippen molar-refractivity contribution in [3.05, 3.63) is 0 Å². The zero-order chi connectivity index (χ0) is 14.8. The van der Waals surface area contributed by atoms with Gasteiger partial charge in [0.05, 0.1) is 6.54 Å². The second-order valence-electron chi connectivity index (χ2n) is 7.24. The smallest absolute Gasteiger partial charge is 0.156 e. The van der Waals surface area contributed by atoms with Crippen molar-refractivity contribution in [2.24, 2.45) is 10.4 Å². The van der Waals surface area contributed by atoms with Crippen LogP contribution in [0.15, 0.2) is 4.99 Å². The van der Waals surface area contributed by atoms with Crippen LogP contribution in [-0.2, 0) is 0 Å². The first-order chi connectivity index (χ1) is 9.36. The number of aliphatic imine (C=N–C) groups is 1. The Morgan fingerprint density at radius 3 is 2.75 bits per heavy atom. The van der Waals surface area contributed by atoms with Gasteiger partial charge in [0.1, 0.15) is 0 Å². The minimum atomic E-state index is 0.309. The summed E-state index contributed by atoms with van der Waals surface area (Å²) in [6, 6.07) is 1.10. The van der Waals surface area contributed by atoms with E-state index in [2.05, 4.69) is 50.0 Å². The van der Waals surface area contributed by atoms with E-state index in [1.165, 1.54) is 18.7 Å². The number of nitrogens with one attached hydrogen (secondary N) is 1. The van der Waals surface area contributed by atoms with E-state index in [0.717, 1.165) is 24.8 Å². The van der Waals surface area contributed by atoms with Crippen molar-refractivity contribution >= 4 is 16.9 Å². The van der Waals surface area contributed by atoms with Gasteiger partial charge in [0.25, 0.3) is 0 Å². The summed E-state index contributed by atoms with van der Waals surface area (Å²) in [5.41, 5.74) is 0.309. The van der Waals surface area contributed by atoms with Crippen molar-refractivity contribution in [1.29, 1.82) is 0 Å². The molecular formula is C15H30N4S. The number of piperazine rings is 1. The summed E-state index contributed by atoms with van der Waals surface area (Å²) in [6.07, 6.45) is 1.24. The average Bonchev–Trinajstić information content (AvgIpc) is 2.39. The van der Waals surface area contributed by atoms with E-state index in [0.29, 0.717) is 17.5 Å². The SMILES string of the molecule is CN1CCN(C)C(CN=C2NC(C(C)(C)C)CCS2)C1. The van der Waals surface area contributed by atoms with Crippen LogP contribution in [-0.4, -0.2) is 73.1 Å². The molecular weight excluding hydrogens is 268 g/mol. The Morgan fingerprint density at radius 2 is 2.05 bits per heavy atom. The summed E-state index contributed by atoms with van der Waals surface area (Å²) in [5.74, 6) is 1.19. The van der Waals surface area contributed by atoms with Gasteiger partial charge < -0.3 is 10.2 Å². The van der Waals surface area contributed by atoms with Crippen molar-refractivity contribution in [1.82, 2.24) is 15.1 Å². The first-order valence-electron chi connectivity index (χ1n) is 7.69. The third-order valence-corrected chi connectivity index (χ3v) is 5.37.